The highest BCUT2D eigenvalue weighted by molar-refractivity contribution is 9.10. The molecule has 0 radical (unpaired) electrons. The summed E-state index contributed by atoms with van der Waals surface area (Å²) in [7, 11) is 2.79. The van der Waals surface area contributed by atoms with Gasteiger partial charge in [-0.15, -0.1) is 11.3 Å². The molecular formula is C21H19BrFNO4S. The van der Waals surface area contributed by atoms with Gasteiger partial charge in [0.15, 0.2) is 0 Å². The van der Waals surface area contributed by atoms with E-state index < -0.39 is 23.7 Å². The Hall–Kier alpha value is -2.29. The van der Waals surface area contributed by atoms with Gasteiger partial charge in [0.2, 0.25) is 0 Å². The summed E-state index contributed by atoms with van der Waals surface area (Å²) < 4.78 is 25.9. The van der Waals surface area contributed by atoms with Crippen LogP contribution in [0.2, 0.25) is 0 Å². The van der Waals surface area contributed by atoms with E-state index in [4.69, 9.17) is 9.47 Å². The number of hydrogen-bond donors (Lipinski definition) is 1. The lowest BCUT2D eigenvalue weighted by atomic mass is 10.0. The summed E-state index contributed by atoms with van der Waals surface area (Å²) >= 11 is 4.60. The molecule has 0 fully saturated rings. The van der Waals surface area contributed by atoms with Gasteiger partial charge in [0, 0.05) is 27.2 Å². The first-order chi connectivity index (χ1) is 13.9. The van der Waals surface area contributed by atoms with Crippen LogP contribution in [-0.4, -0.2) is 26.1 Å². The molecule has 3 aromatic rings. The highest BCUT2D eigenvalue weighted by Gasteiger charge is 2.25. The summed E-state index contributed by atoms with van der Waals surface area (Å²) in [6.45, 7) is 0.0994. The molecule has 1 heterocycles. The van der Waals surface area contributed by atoms with Gasteiger partial charge in [-0.3, -0.25) is 9.59 Å². The molecule has 152 valence electrons. The maximum Gasteiger partial charge on any atom is 0.307 e. The Morgan fingerprint density at radius 1 is 1.21 bits per heavy atom. The third-order valence-electron chi connectivity index (χ3n) is 4.41. The highest BCUT2D eigenvalue weighted by atomic mass is 79.9. The maximum absolute atomic E-state index is 14.4. The van der Waals surface area contributed by atoms with Crippen molar-refractivity contribution in [1.82, 2.24) is 5.32 Å². The number of hydrogen-bond acceptors (Lipinski definition) is 5. The Kier molecular flexibility index (Phi) is 7.00. The largest absolute Gasteiger partial charge is 0.469 e. The first-order valence-electron chi connectivity index (χ1n) is 8.76. The number of nitrogens with one attached hydrogen (secondary N) is 1. The molecule has 0 aliphatic carbocycles. The molecule has 5 nitrogen and oxygen atoms in total. The van der Waals surface area contributed by atoms with Crippen molar-refractivity contribution in [3.05, 3.63) is 68.8 Å². The van der Waals surface area contributed by atoms with Gasteiger partial charge in [0.05, 0.1) is 31.1 Å². The van der Waals surface area contributed by atoms with Crippen molar-refractivity contribution in [2.45, 2.75) is 19.1 Å². The average Bonchev–Trinajstić information content (AvgIpc) is 3.07. The molecule has 0 saturated heterocycles. The highest BCUT2D eigenvalue weighted by Crippen LogP contribution is 2.34. The zero-order chi connectivity index (χ0) is 21.0. The Morgan fingerprint density at radius 3 is 2.66 bits per heavy atom. The van der Waals surface area contributed by atoms with Crippen molar-refractivity contribution in [2.75, 3.05) is 14.2 Å². The minimum Gasteiger partial charge on any atom is -0.469 e. The number of thiophene rings is 1. The summed E-state index contributed by atoms with van der Waals surface area (Å²) in [5.74, 6) is -1.25. The number of ether oxygens (including phenoxy) is 2. The number of carbonyl (C=O) groups excluding carboxylic acids is 2. The fraction of sp³-hybridized carbons (Fsp3) is 0.238. The number of amides is 1. The van der Waals surface area contributed by atoms with Crippen molar-refractivity contribution in [1.29, 1.82) is 0 Å². The molecule has 1 amide bonds. The SMILES string of the molecule is COCc1c(C(=O)NC(CC(=O)OC)c2cccc(Br)c2)sc2cccc(F)c12. The Labute approximate surface area is 179 Å². The lowest BCUT2D eigenvalue weighted by Gasteiger charge is -2.18. The predicted octanol–water partition coefficient (Wildman–Crippen LogP) is 4.98. The summed E-state index contributed by atoms with van der Waals surface area (Å²) in [6.07, 6.45) is -0.0302. The van der Waals surface area contributed by atoms with Crippen LogP contribution in [0.15, 0.2) is 46.9 Å². The minimum atomic E-state index is -0.599. The Bertz CT molecular complexity index is 1050. The number of halogens is 2. The van der Waals surface area contributed by atoms with Crippen LogP contribution in [0.1, 0.15) is 33.3 Å². The fourth-order valence-electron chi connectivity index (χ4n) is 3.08. The van der Waals surface area contributed by atoms with Crippen LogP contribution in [0.5, 0.6) is 0 Å². The molecule has 2 aromatic carbocycles. The monoisotopic (exact) mass is 479 g/mol. The van der Waals surface area contributed by atoms with Crippen LogP contribution in [-0.2, 0) is 20.9 Å². The summed E-state index contributed by atoms with van der Waals surface area (Å²) in [4.78, 5) is 25.4. The summed E-state index contributed by atoms with van der Waals surface area (Å²) in [6, 6.07) is 11.4. The molecule has 0 saturated carbocycles. The number of rotatable bonds is 7. The van der Waals surface area contributed by atoms with Crippen molar-refractivity contribution >= 4 is 49.2 Å². The number of methoxy groups -OCH3 is 2. The second kappa shape index (κ2) is 9.47. The summed E-state index contributed by atoms with van der Waals surface area (Å²) in [5, 5.41) is 3.28. The van der Waals surface area contributed by atoms with Gasteiger partial charge < -0.3 is 14.8 Å². The normalized spacial score (nSPS) is 12.0. The van der Waals surface area contributed by atoms with Crippen LogP contribution in [0, 0.1) is 5.82 Å². The van der Waals surface area contributed by atoms with Crippen LogP contribution in [0.3, 0.4) is 0 Å². The van der Waals surface area contributed by atoms with Crippen molar-refractivity contribution in [3.63, 3.8) is 0 Å². The molecule has 8 heteroatoms. The molecule has 1 N–H and O–H groups in total. The average molecular weight is 480 g/mol. The molecule has 1 aromatic heterocycles. The lowest BCUT2D eigenvalue weighted by molar-refractivity contribution is -0.141. The van der Waals surface area contributed by atoms with Crippen molar-refractivity contribution < 1.29 is 23.5 Å². The van der Waals surface area contributed by atoms with Crippen LogP contribution in [0.25, 0.3) is 10.1 Å². The molecule has 0 spiro atoms. The topological polar surface area (TPSA) is 64.6 Å². The smallest absolute Gasteiger partial charge is 0.307 e. The zero-order valence-corrected chi connectivity index (χ0v) is 18.2. The maximum atomic E-state index is 14.4. The number of benzene rings is 2. The van der Waals surface area contributed by atoms with E-state index in [9.17, 15) is 14.0 Å². The van der Waals surface area contributed by atoms with E-state index in [1.165, 1.54) is 31.6 Å². The van der Waals surface area contributed by atoms with E-state index >= 15 is 0 Å². The minimum absolute atomic E-state index is 0.0302. The van der Waals surface area contributed by atoms with Crippen molar-refractivity contribution in [2.24, 2.45) is 0 Å². The Morgan fingerprint density at radius 2 is 1.97 bits per heavy atom. The van der Waals surface area contributed by atoms with Gasteiger partial charge in [-0.25, -0.2) is 4.39 Å². The van der Waals surface area contributed by atoms with E-state index in [2.05, 4.69) is 21.2 Å². The van der Waals surface area contributed by atoms with E-state index in [-0.39, 0.29) is 13.0 Å². The third kappa shape index (κ3) is 4.83. The first-order valence-corrected chi connectivity index (χ1v) is 10.4. The lowest BCUT2D eigenvalue weighted by Crippen LogP contribution is -2.30. The van der Waals surface area contributed by atoms with Gasteiger partial charge in [0.25, 0.3) is 5.91 Å². The third-order valence-corrected chi connectivity index (χ3v) is 6.10. The van der Waals surface area contributed by atoms with E-state index in [0.29, 0.717) is 20.5 Å². The van der Waals surface area contributed by atoms with Crippen LogP contribution >= 0.6 is 27.3 Å². The number of carbonyl (C=O) groups is 2. The van der Waals surface area contributed by atoms with E-state index in [1.807, 2.05) is 24.3 Å². The summed E-state index contributed by atoms with van der Waals surface area (Å²) in [5.41, 5.74) is 1.24. The van der Waals surface area contributed by atoms with Crippen molar-refractivity contribution in [3.8, 4) is 0 Å². The molecule has 0 aliphatic heterocycles. The van der Waals surface area contributed by atoms with Gasteiger partial charge in [-0.05, 0) is 29.8 Å². The molecule has 1 atom stereocenters. The molecule has 3 rings (SSSR count). The zero-order valence-electron chi connectivity index (χ0n) is 15.8. The van der Waals surface area contributed by atoms with Crippen LogP contribution in [0.4, 0.5) is 4.39 Å². The predicted molar refractivity (Wildman–Crippen MR) is 113 cm³/mol. The second-order valence-corrected chi connectivity index (χ2v) is 8.28. The molecule has 1 unspecified atom stereocenters. The standard InChI is InChI=1S/C21H19BrFNO4S/c1-27-11-14-19-15(23)7-4-8-17(19)29-20(14)21(26)24-16(10-18(25)28-2)12-5-3-6-13(22)9-12/h3-9,16H,10-11H2,1-2H3,(H,24,26). The fourth-order valence-corrected chi connectivity index (χ4v) is 4.62. The molecule has 29 heavy (non-hydrogen) atoms. The number of esters is 1. The molecule has 0 bridgehead atoms. The van der Waals surface area contributed by atoms with Gasteiger partial charge in [-0.2, -0.15) is 0 Å². The van der Waals surface area contributed by atoms with Gasteiger partial charge in [-0.1, -0.05) is 34.1 Å². The van der Waals surface area contributed by atoms with Gasteiger partial charge in [0.1, 0.15) is 5.82 Å². The Balaban J connectivity index is 1.98. The van der Waals surface area contributed by atoms with Crippen LogP contribution < -0.4 is 5.32 Å². The van der Waals surface area contributed by atoms with E-state index in [0.717, 1.165) is 10.0 Å². The van der Waals surface area contributed by atoms with Gasteiger partial charge >= 0.3 is 5.97 Å². The number of fused-ring (bicyclic) bond motifs is 1. The first kappa shape index (κ1) is 21.4. The second-order valence-electron chi connectivity index (χ2n) is 6.32. The van der Waals surface area contributed by atoms with E-state index in [1.54, 1.807) is 12.1 Å². The molecular weight excluding hydrogens is 461 g/mol. The quantitative estimate of drug-likeness (QED) is 0.485. The molecule has 0 aliphatic rings.